The van der Waals surface area contributed by atoms with E-state index in [1.54, 1.807) is 18.9 Å². The van der Waals surface area contributed by atoms with Crippen LogP contribution >= 0.6 is 11.8 Å². The van der Waals surface area contributed by atoms with Crippen LogP contribution < -0.4 is 10.1 Å². The topological polar surface area (TPSA) is 38.3 Å². The van der Waals surface area contributed by atoms with E-state index in [2.05, 4.69) is 5.32 Å². The predicted octanol–water partition coefficient (Wildman–Crippen LogP) is 2.12. The molecule has 1 heterocycles. The summed E-state index contributed by atoms with van der Waals surface area (Å²) in [5.41, 5.74) is 1.09. The van der Waals surface area contributed by atoms with Crippen LogP contribution in [-0.4, -0.2) is 18.3 Å². The first-order valence-corrected chi connectivity index (χ1v) is 6.07. The molecule has 16 heavy (non-hydrogen) atoms. The Labute approximate surface area is 99.6 Å². The van der Waals surface area contributed by atoms with E-state index in [0.717, 1.165) is 11.3 Å². The summed E-state index contributed by atoms with van der Waals surface area (Å²) in [6.07, 6.45) is 0. The van der Waals surface area contributed by atoms with E-state index >= 15 is 0 Å². The second kappa shape index (κ2) is 4.01. The minimum atomic E-state index is -0.317. The van der Waals surface area contributed by atoms with E-state index in [-0.39, 0.29) is 16.0 Å². The summed E-state index contributed by atoms with van der Waals surface area (Å²) in [5, 5.41) is 3.02. The molecule has 0 radical (unpaired) electrons. The lowest BCUT2D eigenvalue weighted by Crippen LogP contribution is -2.34. The third kappa shape index (κ3) is 1.89. The van der Waals surface area contributed by atoms with E-state index in [4.69, 9.17) is 4.74 Å². The molecule has 0 unspecified atom stereocenters. The van der Waals surface area contributed by atoms with Gasteiger partial charge in [0, 0.05) is 0 Å². The van der Waals surface area contributed by atoms with Crippen molar-refractivity contribution in [1.29, 1.82) is 0 Å². The van der Waals surface area contributed by atoms with Crippen LogP contribution in [0.2, 0.25) is 0 Å². The second-order valence-corrected chi connectivity index (χ2v) is 5.77. The van der Waals surface area contributed by atoms with Gasteiger partial charge in [0.25, 0.3) is 0 Å². The number of benzene rings is 1. The Bertz CT molecular complexity index is 404. The van der Waals surface area contributed by atoms with Gasteiger partial charge in [-0.1, -0.05) is 12.1 Å². The molecule has 3 nitrogen and oxygen atoms in total. The predicted molar refractivity (Wildman–Crippen MR) is 65.5 cm³/mol. The molecule has 86 valence electrons. The van der Waals surface area contributed by atoms with Crippen LogP contribution in [0.15, 0.2) is 24.3 Å². The highest BCUT2D eigenvalue weighted by Crippen LogP contribution is 2.41. The van der Waals surface area contributed by atoms with Crippen molar-refractivity contribution in [2.24, 2.45) is 0 Å². The second-order valence-electron chi connectivity index (χ2n) is 4.01. The van der Waals surface area contributed by atoms with Crippen molar-refractivity contribution >= 4 is 17.7 Å². The van der Waals surface area contributed by atoms with Gasteiger partial charge in [-0.15, -0.1) is 11.8 Å². The molecule has 2 rings (SSSR count). The molecule has 1 fully saturated rings. The van der Waals surface area contributed by atoms with Gasteiger partial charge in [0.15, 0.2) is 0 Å². The summed E-state index contributed by atoms with van der Waals surface area (Å²) in [5.74, 6) is 0.929. The minimum absolute atomic E-state index is 0.00658. The number of methoxy groups -OCH3 is 1. The van der Waals surface area contributed by atoms with E-state index < -0.39 is 0 Å². The summed E-state index contributed by atoms with van der Waals surface area (Å²) < 4.78 is 5.11. The van der Waals surface area contributed by atoms with Crippen LogP contribution in [0.4, 0.5) is 0 Å². The third-order valence-corrected chi connectivity index (χ3v) is 4.16. The highest BCUT2D eigenvalue weighted by Gasteiger charge is 2.40. The molecule has 1 aliphatic heterocycles. The molecule has 1 amide bonds. The smallest absolute Gasteiger partial charge is 0.234 e. The molecule has 0 aromatic heterocycles. The number of carbonyl (C=O) groups excluding carboxylic acids is 1. The fourth-order valence-electron chi connectivity index (χ4n) is 1.82. The fourth-order valence-corrected chi connectivity index (χ4v) is 3.13. The highest BCUT2D eigenvalue weighted by molar-refractivity contribution is 8.01. The van der Waals surface area contributed by atoms with Crippen molar-refractivity contribution in [3.8, 4) is 5.75 Å². The van der Waals surface area contributed by atoms with Gasteiger partial charge in [-0.2, -0.15) is 0 Å². The van der Waals surface area contributed by atoms with Crippen LogP contribution in [0, 0.1) is 0 Å². The number of amides is 1. The lowest BCUT2D eigenvalue weighted by molar-refractivity contribution is -0.120. The highest BCUT2D eigenvalue weighted by atomic mass is 32.2. The van der Waals surface area contributed by atoms with E-state index in [0.29, 0.717) is 0 Å². The normalized spacial score (nSPS) is 28.9. The molecule has 0 aliphatic carbocycles. The molecule has 4 heteroatoms. The van der Waals surface area contributed by atoms with Crippen molar-refractivity contribution in [2.75, 3.05) is 7.11 Å². The Kier molecular flexibility index (Phi) is 2.84. The summed E-state index contributed by atoms with van der Waals surface area (Å²) in [7, 11) is 1.64. The Balaban J connectivity index is 2.26. The average molecular weight is 237 g/mol. The molecule has 0 spiro atoms. The largest absolute Gasteiger partial charge is 0.497 e. The van der Waals surface area contributed by atoms with Gasteiger partial charge in [0.05, 0.1) is 12.4 Å². The number of nitrogens with one attached hydrogen (secondary N) is 1. The Morgan fingerprint density at radius 1 is 1.38 bits per heavy atom. The SMILES string of the molecule is COc1ccc([C@]2(C)NC(=O)[C@@H](C)S2)cc1. The van der Waals surface area contributed by atoms with Crippen LogP contribution in [0.5, 0.6) is 5.75 Å². The van der Waals surface area contributed by atoms with Crippen molar-refractivity contribution in [2.45, 2.75) is 24.0 Å². The molecular formula is C12H15NO2S. The van der Waals surface area contributed by atoms with Gasteiger partial charge < -0.3 is 10.1 Å². The fraction of sp³-hybridized carbons (Fsp3) is 0.417. The first-order valence-electron chi connectivity index (χ1n) is 5.19. The van der Waals surface area contributed by atoms with E-state index in [9.17, 15) is 4.79 Å². The molecule has 1 aromatic rings. The first kappa shape index (κ1) is 11.3. The lowest BCUT2D eigenvalue weighted by Gasteiger charge is -2.23. The van der Waals surface area contributed by atoms with Crippen LogP contribution in [0.25, 0.3) is 0 Å². The molecule has 1 aromatic carbocycles. The van der Waals surface area contributed by atoms with Crippen molar-refractivity contribution in [3.63, 3.8) is 0 Å². The van der Waals surface area contributed by atoms with Crippen molar-refractivity contribution < 1.29 is 9.53 Å². The summed E-state index contributed by atoms with van der Waals surface area (Å²) in [6, 6.07) is 7.81. The summed E-state index contributed by atoms with van der Waals surface area (Å²) in [4.78, 5) is 11.2. The summed E-state index contributed by atoms with van der Waals surface area (Å²) >= 11 is 1.64. The van der Waals surface area contributed by atoms with Gasteiger partial charge in [0.1, 0.15) is 10.6 Å². The Morgan fingerprint density at radius 2 is 2.00 bits per heavy atom. The molecule has 0 bridgehead atoms. The number of rotatable bonds is 2. The van der Waals surface area contributed by atoms with Crippen LogP contribution in [-0.2, 0) is 9.67 Å². The number of ether oxygens (including phenoxy) is 1. The Hall–Kier alpha value is -1.16. The molecule has 1 aliphatic rings. The zero-order valence-electron chi connectivity index (χ0n) is 9.61. The maximum atomic E-state index is 11.5. The maximum Gasteiger partial charge on any atom is 0.234 e. The molecule has 1 saturated heterocycles. The Morgan fingerprint density at radius 3 is 2.44 bits per heavy atom. The third-order valence-electron chi connectivity index (χ3n) is 2.78. The van der Waals surface area contributed by atoms with Gasteiger partial charge in [-0.25, -0.2) is 0 Å². The number of hydrogen-bond donors (Lipinski definition) is 1. The summed E-state index contributed by atoms with van der Waals surface area (Å²) in [6.45, 7) is 3.95. The van der Waals surface area contributed by atoms with Gasteiger partial charge in [-0.05, 0) is 31.5 Å². The molecule has 2 atom stereocenters. The van der Waals surface area contributed by atoms with E-state index in [1.807, 2.05) is 38.1 Å². The van der Waals surface area contributed by atoms with Gasteiger partial charge in [0.2, 0.25) is 5.91 Å². The van der Waals surface area contributed by atoms with Crippen LogP contribution in [0.3, 0.4) is 0 Å². The quantitative estimate of drug-likeness (QED) is 0.856. The maximum absolute atomic E-state index is 11.5. The first-order chi connectivity index (χ1) is 7.55. The van der Waals surface area contributed by atoms with Crippen LogP contribution in [0.1, 0.15) is 19.4 Å². The number of carbonyl (C=O) groups is 1. The number of thioether (sulfide) groups is 1. The zero-order chi connectivity index (χ0) is 11.8. The molecule has 1 N–H and O–H groups in total. The standard InChI is InChI=1S/C12H15NO2S/c1-8-11(14)13-12(2,16-8)9-4-6-10(15-3)7-5-9/h4-8H,1-3H3,(H,13,14)/t8-,12-/m1/s1. The molecular weight excluding hydrogens is 222 g/mol. The van der Waals surface area contributed by atoms with Gasteiger partial charge in [-0.3, -0.25) is 4.79 Å². The van der Waals surface area contributed by atoms with Gasteiger partial charge >= 0.3 is 0 Å². The number of hydrogen-bond acceptors (Lipinski definition) is 3. The zero-order valence-corrected chi connectivity index (χ0v) is 10.4. The average Bonchev–Trinajstić information content (AvgIpc) is 2.54. The minimum Gasteiger partial charge on any atom is -0.497 e. The monoisotopic (exact) mass is 237 g/mol. The lowest BCUT2D eigenvalue weighted by atomic mass is 10.1. The van der Waals surface area contributed by atoms with E-state index in [1.165, 1.54) is 0 Å². The van der Waals surface area contributed by atoms with Crippen molar-refractivity contribution in [3.05, 3.63) is 29.8 Å². The molecule has 0 saturated carbocycles. The van der Waals surface area contributed by atoms with Crippen molar-refractivity contribution in [1.82, 2.24) is 5.32 Å².